The Morgan fingerprint density at radius 3 is 0.884 bits per heavy atom. The summed E-state index contributed by atoms with van der Waals surface area (Å²) < 4.78 is 68.1. The van der Waals surface area contributed by atoms with E-state index < -0.39 is 97.5 Å². The predicted molar refractivity (Wildman–Crippen MR) is 344 cm³/mol. The van der Waals surface area contributed by atoms with Crippen molar-refractivity contribution >= 4 is 39.5 Å². The number of hydrogen-bond donors (Lipinski definition) is 3. The summed E-state index contributed by atoms with van der Waals surface area (Å²) in [7, 11) is -9.89. The van der Waals surface area contributed by atoms with Crippen LogP contribution in [0.15, 0.2) is 0 Å². The molecule has 3 N–H and O–H groups in total. The summed E-state index contributed by atoms with van der Waals surface area (Å²) in [5.74, 6) is 0.0185. The maximum atomic E-state index is 13.0. The van der Waals surface area contributed by atoms with Gasteiger partial charge in [-0.2, -0.15) is 0 Å². The quantitative estimate of drug-likeness (QED) is 0.0222. The van der Waals surface area contributed by atoms with Crippen LogP contribution < -0.4 is 0 Å². The molecule has 0 aromatic carbocycles. The van der Waals surface area contributed by atoms with E-state index in [-0.39, 0.29) is 25.7 Å². The first-order chi connectivity index (χ1) is 41.3. The molecule has 0 aliphatic heterocycles. The molecule has 0 radical (unpaired) electrons. The highest BCUT2D eigenvalue weighted by Gasteiger charge is 2.30. The minimum absolute atomic E-state index is 0.102. The van der Waals surface area contributed by atoms with Crippen LogP contribution in [-0.4, -0.2) is 96.7 Å². The number of hydrogen-bond acceptors (Lipinski definition) is 15. The van der Waals surface area contributed by atoms with E-state index in [4.69, 9.17) is 37.0 Å². The van der Waals surface area contributed by atoms with E-state index >= 15 is 0 Å². The Morgan fingerprint density at radius 1 is 0.337 bits per heavy atom. The van der Waals surface area contributed by atoms with Gasteiger partial charge < -0.3 is 33.8 Å². The van der Waals surface area contributed by atoms with Crippen LogP contribution in [0.4, 0.5) is 0 Å². The third-order valence-corrected chi connectivity index (χ3v) is 17.6. The Hall–Kier alpha value is -1.94. The molecule has 0 fully saturated rings. The van der Waals surface area contributed by atoms with Crippen LogP contribution in [0.3, 0.4) is 0 Å². The van der Waals surface area contributed by atoms with Crippen molar-refractivity contribution in [3.63, 3.8) is 0 Å². The highest BCUT2D eigenvalue weighted by Crippen LogP contribution is 2.45. The lowest BCUT2D eigenvalue weighted by atomic mass is 9.99. The molecule has 510 valence electrons. The van der Waals surface area contributed by atoms with Gasteiger partial charge in [0.25, 0.3) is 0 Å². The molecule has 0 spiro atoms. The van der Waals surface area contributed by atoms with Crippen molar-refractivity contribution < 1.29 is 80.2 Å². The lowest BCUT2D eigenvalue weighted by molar-refractivity contribution is -0.161. The van der Waals surface area contributed by atoms with E-state index in [0.717, 1.165) is 102 Å². The summed E-state index contributed by atoms with van der Waals surface area (Å²) in [6, 6.07) is 0. The number of ether oxygens (including phenoxy) is 4. The average molecular weight is 1270 g/mol. The molecular formula is C67H130O17P2. The zero-order valence-corrected chi connectivity index (χ0v) is 57.6. The summed E-state index contributed by atoms with van der Waals surface area (Å²) in [6.45, 7) is 11.7. The highest BCUT2D eigenvalue weighted by molar-refractivity contribution is 7.47. The van der Waals surface area contributed by atoms with Gasteiger partial charge in [-0.1, -0.05) is 280 Å². The predicted octanol–water partition coefficient (Wildman–Crippen LogP) is 18.7. The standard InChI is InChI=1S/C67H130O17P2/c1-8-10-11-12-13-14-15-16-17-18-19-20-27-36-43-50-66(71)83-62(54-77-64(69)48-41-34-26-22-21-25-33-40-47-60(7)9-2)56-81-85(73,74)79-52-61(68)53-80-86(75,76)82-57-63(55-78-65(70)49-42-35-30-29-32-39-46-59(5)6)84-67(72)51-44-37-28-23-24-31-38-45-58(3)4/h58-63,68H,8-57H2,1-7H3,(H,73,74)(H,75,76)/t60?,61-,62-,63-/m1/s1. The molecule has 0 aromatic rings. The third kappa shape index (κ3) is 59.7. The maximum absolute atomic E-state index is 13.0. The third-order valence-electron chi connectivity index (χ3n) is 15.7. The minimum atomic E-state index is -4.95. The molecule has 0 saturated carbocycles. The lowest BCUT2D eigenvalue weighted by Crippen LogP contribution is -2.30. The summed E-state index contributed by atoms with van der Waals surface area (Å²) >= 11 is 0. The van der Waals surface area contributed by atoms with Crippen LogP contribution in [0.2, 0.25) is 0 Å². The maximum Gasteiger partial charge on any atom is 0.472 e. The van der Waals surface area contributed by atoms with Gasteiger partial charge in [-0.25, -0.2) is 9.13 Å². The van der Waals surface area contributed by atoms with Crippen molar-refractivity contribution in [2.75, 3.05) is 39.6 Å². The lowest BCUT2D eigenvalue weighted by Gasteiger charge is -2.21. The molecule has 0 amide bonds. The van der Waals surface area contributed by atoms with E-state index in [1.165, 1.54) is 135 Å². The molecular weight excluding hydrogens is 1140 g/mol. The fourth-order valence-electron chi connectivity index (χ4n) is 9.98. The smallest absolute Gasteiger partial charge is 0.462 e. The van der Waals surface area contributed by atoms with Gasteiger partial charge >= 0.3 is 39.5 Å². The molecule has 0 aliphatic rings. The van der Waals surface area contributed by atoms with E-state index in [9.17, 15) is 43.2 Å². The van der Waals surface area contributed by atoms with Crippen molar-refractivity contribution in [2.45, 2.75) is 349 Å². The van der Waals surface area contributed by atoms with Gasteiger partial charge in [0.05, 0.1) is 26.4 Å². The summed E-state index contributed by atoms with van der Waals surface area (Å²) in [5.41, 5.74) is 0. The Labute approximate surface area is 524 Å². The number of phosphoric acid groups is 2. The number of carbonyl (C=O) groups excluding carboxylic acids is 4. The van der Waals surface area contributed by atoms with Gasteiger partial charge in [-0.05, 0) is 43.4 Å². The fourth-order valence-corrected chi connectivity index (χ4v) is 11.6. The number of esters is 4. The molecule has 19 heteroatoms. The zero-order valence-electron chi connectivity index (χ0n) is 55.8. The molecule has 6 atom stereocenters. The molecule has 0 saturated heterocycles. The van der Waals surface area contributed by atoms with E-state index in [0.29, 0.717) is 37.5 Å². The molecule has 0 aromatic heterocycles. The normalized spacial score (nSPS) is 14.6. The van der Waals surface area contributed by atoms with Crippen molar-refractivity contribution in [2.24, 2.45) is 17.8 Å². The van der Waals surface area contributed by atoms with Crippen molar-refractivity contribution in [1.29, 1.82) is 0 Å². The number of rotatable bonds is 65. The summed E-state index contributed by atoms with van der Waals surface area (Å²) in [4.78, 5) is 72.3. The summed E-state index contributed by atoms with van der Waals surface area (Å²) in [6.07, 6.45) is 40.5. The Bertz CT molecular complexity index is 1700. The first-order valence-electron chi connectivity index (χ1n) is 34.9. The Balaban J connectivity index is 5.24. The van der Waals surface area contributed by atoms with Gasteiger partial charge in [-0.3, -0.25) is 37.3 Å². The van der Waals surface area contributed by atoms with Crippen LogP contribution in [-0.2, 0) is 65.4 Å². The van der Waals surface area contributed by atoms with Gasteiger partial charge in [0.15, 0.2) is 12.2 Å². The Kier molecular flexibility index (Phi) is 56.9. The number of aliphatic hydroxyl groups excluding tert-OH is 1. The van der Waals surface area contributed by atoms with Crippen LogP contribution in [0.5, 0.6) is 0 Å². The number of phosphoric ester groups is 2. The second kappa shape index (κ2) is 58.2. The zero-order chi connectivity index (χ0) is 63.8. The fraction of sp³-hybridized carbons (Fsp3) is 0.940. The largest absolute Gasteiger partial charge is 0.472 e. The molecule has 86 heavy (non-hydrogen) atoms. The van der Waals surface area contributed by atoms with E-state index in [1.807, 2.05) is 0 Å². The second-order valence-electron chi connectivity index (χ2n) is 25.4. The van der Waals surface area contributed by atoms with Crippen molar-refractivity contribution in [3.05, 3.63) is 0 Å². The van der Waals surface area contributed by atoms with Crippen LogP contribution >= 0.6 is 15.6 Å². The van der Waals surface area contributed by atoms with E-state index in [1.54, 1.807) is 0 Å². The van der Waals surface area contributed by atoms with E-state index in [2.05, 4.69) is 48.5 Å². The first-order valence-corrected chi connectivity index (χ1v) is 37.9. The Morgan fingerprint density at radius 2 is 0.593 bits per heavy atom. The van der Waals surface area contributed by atoms with Gasteiger partial charge in [-0.15, -0.1) is 0 Å². The van der Waals surface area contributed by atoms with Gasteiger partial charge in [0, 0.05) is 25.7 Å². The van der Waals surface area contributed by atoms with Crippen molar-refractivity contribution in [3.8, 4) is 0 Å². The molecule has 0 bridgehead atoms. The number of unbranched alkanes of at least 4 members (excludes halogenated alkanes) is 32. The molecule has 3 unspecified atom stereocenters. The average Bonchev–Trinajstić information content (AvgIpc) is 3.68. The molecule has 0 rings (SSSR count). The molecule has 0 aliphatic carbocycles. The number of aliphatic hydroxyl groups is 1. The SMILES string of the molecule is CCCCCCCCCCCCCCCCCC(=O)O[C@H](COC(=O)CCCCCCCCCCC(C)CC)COP(=O)(O)OC[C@@H](O)COP(=O)(O)OC[C@@H](COC(=O)CCCCCCCCC(C)C)OC(=O)CCCCCCCCCC(C)C. The molecule has 0 heterocycles. The first kappa shape index (κ1) is 84.1. The van der Waals surface area contributed by atoms with Gasteiger partial charge in [0.2, 0.25) is 0 Å². The minimum Gasteiger partial charge on any atom is -0.462 e. The topological polar surface area (TPSA) is 237 Å². The van der Waals surface area contributed by atoms with Gasteiger partial charge in [0.1, 0.15) is 19.3 Å². The highest BCUT2D eigenvalue weighted by atomic mass is 31.2. The monoisotopic (exact) mass is 1270 g/mol. The number of carbonyl (C=O) groups is 4. The van der Waals surface area contributed by atoms with Crippen LogP contribution in [0.25, 0.3) is 0 Å². The second-order valence-corrected chi connectivity index (χ2v) is 28.3. The molecule has 17 nitrogen and oxygen atoms in total. The van der Waals surface area contributed by atoms with Crippen molar-refractivity contribution in [1.82, 2.24) is 0 Å². The van der Waals surface area contributed by atoms with Crippen LogP contribution in [0.1, 0.15) is 331 Å². The van der Waals surface area contributed by atoms with Crippen LogP contribution in [0, 0.1) is 17.8 Å². The summed E-state index contributed by atoms with van der Waals surface area (Å²) in [5, 5.41) is 10.6.